The molecule has 0 spiro atoms. The zero-order valence-electron chi connectivity index (χ0n) is 19.5. The fourth-order valence-corrected chi connectivity index (χ4v) is 2.86. The van der Waals surface area contributed by atoms with Crippen molar-refractivity contribution in [3.63, 3.8) is 0 Å². The van der Waals surface area contributed by atoms with Crippen molar-refractivity contribution < 1.29 is 19.7 Å². The first kappa shape index (κ1) is 25.2. The number of phenolic OH excluding ortho intramolecular Hbond substituents is 2. The maximum absolute atomic E-state index is 10.1. The molecule has 0 saturated carbocycles. The molecule has 2 aromatic rings. The van der Waals surface area contributed by atoms with E-state index in [4.69, 9.17) is 9.47 Å². The predicted octanol–water partition coefficient (Wildman–Crippen LogP) is 5.77. The van der Waals surface area contributed by atoms with Gasteiger partial charge in [0.15, 0.2) is 0 Å². The Hall–Kier alpha value is -3.02. The molecule has 6 nitrogen and oxygen atoms in total. The van der Waals surface area contributed by atoms with E-state index < -0.39 is 0 Å². The summed E-state index contributed by atoms with van der Waals surface area (Å²) in [5, 5.41) is 20.2. The maximum Gasteiger partial charge on any atom is 0.124 e. The molecule has 0 amide bonds. The minimum Gasteiger partial charge on any atom is -0.507 e. The molecule has 0 aliphatic heterocycles. The monoisotopic (exact) mass is 440 g/mol. The van der Waals surface area contributed by atoms with E-state index in [1.807, 2.05) is 6.92 Å². The van der Waals surface area contributed by atoms with Crippen molar-refractivity contribution in [1.82, 2.24) is 0 Å². The highest BCUT2D eigenvalue weighted by Gasteiger charge is 2.06. The number of nitrogens with zero attached hydrogens (tertiary/aromatic N) is 2. The Balaban J connectivity index is 1.99. The van der Waals surface area contributed by atoms with E-state index in [2.05, 4.69) is 23.8 Å². The van der Waals surface area contributed by atoms with Crippen LogP contribution in [0, 0.1) is 0 Å². The van der Waals surface area contributed by atoms with Crippen LogP contribution in [0.2, 0.25) is 0 Å². The van der Waals surface area contributed by atoms with E-state index in [1.165, 1.54) is 0 Å². The summed E-state index contributed by atoms with van der Waals surface area (Å²) in [6, 6.07) is 10.3. The SMILES string of the molecule is CCCCOc1ccc(O)c(C=NCC(CC)N=Cc2cc(OCCCC)ccc2O)c1. The summed E-state index contributed by atoms with van der Waals surface area (Å²) in [5.41, 5.74) is 1.24. The third kappa shape index (κ3) is 8.61. The largest absolute Gasteiger partial charge is 0.507 e. The van der Waals surface area contributed by atoms with E-state index in [9.17, 15) is 10.2 Å². The fraction of sp³-hybridized carbons (Fsp3) is 0.462. The van der Waals surface area contributed by atoms with Gasteiger partial charge in [-0.25, -0.2) is 0 Å². The van der Waals surface area contributed by atoms with Crippen molar-refractivity contribution in [3.8, 4) is 23.0 Å². The van der Waals surface area contributed by atoms with Crippen LogP contribution in [0.25, 0.3) is 0 Å². The molecule has 6 heteroatoms. The minimum atomic E-state index is -0.0403. The van der Waals surface area contributed by atoms with E-state index in [0.29, 0.717) is 30.9 Å². The minimum absolute atomic E-state index is 0.0403. The molecule has 174 valence electrons. The average Bonchev–Trinajstić information content (AvgIpc) is 2.80. The lowest BCUT2D eigenvalue weighted by Crippen LogP contribution is -2.08. The third-order valence-electron chi connectivity index (χ3n) is 4.97. The number of aliphatic imine (C=N–C) groups is 2. The zero-order valence-corrected chi connectivity index (χ0v) is 19.5. The van der Waals surface area contributed by atoms with Crippen molar-refractivity contribution in [2.75, 3.05) is 19.8 Å². The Bertz CT molecular complexity index is 880. The molecule has 0 fully saturated rings. The highest BCUT2D eigenvalue weighted by atomic mass is 16.5. The molecule has 0 heterocycles. The quantitative estimate of drug-likeness (QED) is 0.288. The van der Waals surface area contributed by atoms with Gasteiger partial charge in [-0.05, 0) is 55.7 Å². The first-order valence-electron chi connectivity index (χ1n) is 11.5. The van der Waals surface area contributed by atoms with Crippen LogP contribution < -0.4 is 9.47 Å². The van der Waals surface area contributed by atoms with Crippen LogP contribution in [-0.2, 0) is 0 Å². The van der Waals surface area contributed by atoms with Crippen molar-refractivity contribution in [2.24, 2.45) is 9.98 Å². The third-order valence-corrected chi connectivity index (χ3v) is 4.97. The van der Waals surface area contributed by atoms with Crippen LogP contribution in [0.1, 0.15) is 64.0 Å². The second-order valence-corrected chi connectivity index (χ2v) is 7.68. The van der Waals surface area contributed by atoms with Crippen molar-refractivity contribution >= 4 is 12.4 Å². The molecule has 0 aromatic heterocycles. The summed E-state index contributed by atoms with van der Waals surface area (Å²) in [4.78, 5) is 9.06. The lowest BCUT2D eigenvalue weighted by atomic mass is 10.2. The second-order valence-electron chi connectivity index (χ2n) is 7.68. The molecule has 1 atom stereocenters. The number of hydrogen-bond donors (Lipinski definition) is 2. The van der Waals surface area contributed by atoms with Crippen molar-refractivity contribution in [2.45, 2.75) is 58.9 Å². The number of unbranched alkanes of at least 4 members (excludes halogenated alkanes) is 2. The average molecular weight is 441 g/mol. The first-order valence-corrected chi connectivity index (χ1v) is 11.5. The number of benzene rings is 2. The molecule has 0 aliphatic carbocycles. The number of aromatic hydroxyl groups is 2. The molecule has 0 saturated heterocycles. The Labute approximate surface area is 191 Å². The molecule has 1 unspecified atom stereocenters. The normalized spacial score (nSPS) is 12.5. The molecule has 32 heavy (non-hydrogen) atoms. The standard InChI is InChI=1S/C26H36N2O4/c1-4-7-13-31-23-9-11-25(29)20(15-23)17-27-19-22(6-3)28-18-21-16-24(10-12-26(21)30)32-14-8-5-2/h9-12,15-18,22,29-30H,4-8,13-14,19H2,1-3H3. The number of ether oxygens (including phenoxy) is 2. The van der Waals surface area contributed by atoms with Gasteiger partial charge in [0, 0.05) is 23.6 Å². The van der Waals surface area contributed by atoms with Crippen molar-refractivity contribution in [1.29, 1.82) is 0 Å². The lowest BCUT2D eigenvalue weighted by molar-refractivity contribution is 0.308. The van der Waals surface area contributed by atoms with Crippen molar-refractivity contribution in [3.05, 3.63) is 47.5 Å². The summed E-state index contributed by atoms with van der Waals surface area (Å²) in [5.74, 6) is 1.78. The highest BCUT2D eigenvalue weighted by Crippen LogP contribution is 2.23. The smallest absolute Gasteiger partial charge is 0.124 e. The summed E-state index contributed by atoms with van der Waals surface area (Å²) in [6.45, 7) is 8.06. The second kappa shape index (κ2) is 14.1. The Morgan fingerprint density at radius 2 is 1.34 bits per heavy atom. The van der Waals surface area contributed by atoms with Crippen LogP contribution in [-0.4, -0.2) is 48.4 Å². The first-order chi connectivity index (χ1) is 15.6. The molecular weight excluding hydrogens is 404 g/mol. The maximum atomic E-state index is 10.1. The van der Waals surface area contributed by atoms with Crippen LogP contribution in [0.15, 0.2) is 46.4 Å². The molecule has 2 N–H and O–H groups in total. The number of rotatable bonds is 14. The summed E-state index contributed by atoms with van der Waals surface area (Å²) >= 11 is 0. The molecular formula is C26H36N2O4. The molecule has 2 aromatic carbocycles. The summed E-state index contributed by atoms with van der Waals surface area (Å²) in [6.07, 6.45) is 8.24. The predicted molar refractivity (Wildman–Crippen MR) is 131 cm³/mol. The lowest BCUT2D eigenvalue weighted by Gasteiger charge is -2.09. The van der Waals surface area contributed by atoms with Gasteiger partial charge in [-0.2, -0.15) is 0 Å². The Morgan fingerprint density at radius 1 is 0.812 bits per heavy atom. The van der Waals surface area contributed by atoms with E-state index in [0.717, 1.165) is 43.6 Å². The van der Waals surface area contributed by atoms with Gasteiger partial charge in [0.1, 0.15) is 23.0 Å². The van der Waals surface area contributed by atoms with Gasteiger partial charge in [-0.15, -0.1) is 0 Å². The van der Waals surface area contributed by atoms with Gasteiger partial charge in [0.2, 0.25) is 0 Å². The van der Waals surface area contributed by atoms with Gasteiger partial charge in [0.25, 0.3) is 0 Å². The molecule has 0 radical (unpaired) electrons. The molecule has 0 bridgehead atoms. The Kier molecular flexibility index (Phi) is 11.1. The van der Waals surface area contributed by atoms with Gasteiger partial charge in [-0.3, -0.25) is 9.98 Å². The summed E-state index contributed by atoms with van der Waals surface area (Å²) in [7, 11) is 0. The Morgan fingerprint density at radius 3 is 1.84 bits per heavy atom. The number of hydrogen-bond acceptors (Lipinski definition) is 6. The van der Waals surface area contributed by atoms with Gasteiger partial charge < -0.3 is 19.7 Å². The highest BCUT2D eigenvalue weighted by molar-refractivity contribution is 5.85. The van der Waals surface area contributed by atoms with Gasteiger partial charge >= 0.3 is 0 Å². The van der Waals surface area contributed by atoms with E-state index >= 15 is 0 Å². The van der Waals surface area contributed by atoms with Crippen LogP contribution in [0.5, 0.6) is 23.0 Å². The zero-order chi connectivity index (χ0) is 23.2. The number of phenols is 2. The van der Waals surface area contributed by atoms with E-state index in [1.54, 1.807) is 48.8 Å². The fourth-order valence-electron chi connectivity index (χ4n) is 2.86. The van der Waals surface area contributed by atoms with Crippen LogP contribution >= 0.6 is 0 Å². The van der Waals surface area contributed by atoms with Crippen LogP contribution in [0.4, 0.5) is 0 Å². The molecule has 2 rings (SSSR count). The van der Waals surface area contributed by atoms with E-state index in [-0.39, 0.29) is 17.5 Å². The van der Waals surface area contributed by atoms with Gasteiger partial charge in [0.05, 0.1) is 25.8 Å². The van der Waals surface area contributed by atoms with Gasteiger partial charge in [-0.1, -0.05) is 33.6 Å². The molecule has 0 aliphatic rings. The summed E-state index contributed by atoms with van der Waals surface area (Å²) < 4.78 is 11.4. The topological polar surface area (TPSA) is 83.6 Å². The van der Waals surface area contributed by atoms with Crippen LogP contribution in [0.3, 0.4) is 0 Å².